The van der Waals surface area contributed by atoms with Crippen LogP contribution in [0.2, 0.25) is 0 Å². The second kappa shape index (κ2) is 8.80. The molecule has 2 nitrogen and oxygen atoms in total. The van der Waals surface area contributed by atoms with Crippen LogP contribution in [-0.2, 0) is 6.42 Å². The SMILES string of the molecule is CCCNC(CSc1ccc(F)cc1)Cc1ccccn1. The highest BCUT2D eigenvalue weighted by Crippen LogP contribution is 2.20. The molecule has 0 bridgehead atoms. The minimum atomic E-state index is -0.187. The highest BCUT2D eigenvalue weighted by molar-refractivity contribution is 7.99. The Kier molecular flexibility index (Phi) is 6.70. The molecule has 1 aromatic carbocycles. The molecular formula is C17H21FN2S. The summed E-state index contributed by atoms with van der Waals surface area (Å²) in [5.41, 5.74) is 1.10. The molecule has 1 heterocycles. The van der Waals surface area contributed by atoms with E-state index in [1.54, 1.807) is 11.8 Å². The zero-order valence-corrected chi connectivity index (χ0v) is 13.1. The number of pyridine rings is 1. The highest BCUT2D eigenvalue weighted by atomic mass is 32.2. The summed E-state index contributed by atoms with van der Waals surface area (Å²) < 4.78 is 12.9. The molecule has 0 saturated heterocycles. The monoisotopic (exact) mass is 304 g/mol. The Morgan fingerprint density at radius 2 is 2.00 bits per heavy atom. The molecule has 4 heteroatoms. The van der Waals surface area contributed by atoms with E-state index in [2.05, 4.69) is 23.3 Å². The van der Waals surface area contributed by atoms with E-state index in [-0.39, 0.29) is 5.82 Å². The van der Waals surface area contributed by atoms with Gasteiger partial charge in [0.1, 0.15) is 5.82 Å². The molecule has 0 aliphatic carbocycles. The van der Waals surface area contributed by atoms with Crippen molar-refractivity contribution in [1.82, 2.24) is 10.3 Å². The van der Waals surface area contributed by atoms with E-state index in [4.69, 9.17) is 0 Å². The molecule has 0 spiro atoms. The maximum absolute atomic E-state index is 12.9. The highest BCUT2D eigenvalue weighted by Gasteiger charge is 2.10. The third-order valence-corrected chi connectivity index (χ3v) is 4.30. The second-order valence-corrected chi connectivity index (χ2v) is 6.03. The summed E-state index contributed by atoms with van der Waals surface area (Å²) in [5.74, 6) is 0.760. The Morgan fingerprint density at radius 3 is 2.67 bits per heavy atom. The van der Waals surface area contributed by atoms with Gasteiger partial charge in [0, 0.05) is 35.0 Å². The van der Waals surface area contributed by atoms with Gasteiger partial charge in [-0.25, -0.2) is 4.39 Å². The molecule has 0 aliphatic heterocycles. The van der Waals surface area contributed by atoms with Gasteiger partial charge in [0.2, 0.25) is 0 Å². The van der Waals surface area contributed by atoms with Gasteiger partial charge in [-0.05, 0) is 49.4 Å². The summed E-state index contributed by atoms with van der Waals surface area (Å²) in [6.45, 7) is 3.17. The van der Waals surface area contributed by atoms with E-state index < -0.39 is 0 Å². The average Bonchev–Trinajstić information content (AvgIpc) is 2.52. The van der Waals surface area contributed by atoms with Crippen LogP contribution in [0.4, 0.5) is 4.39 Å². The number of nitrogens with zero attached hydrogens (tertiary/aromatic N) is 1. The first-order valence-electron chi connectivity index (χ1n) is 7.29. The van der Waals surface area contributed by atoms with Crippen molar-refractivity contribution >= 4 is 11.8 Å². The lowest BCUT2D eigenvalue weighted by atomic mass is 10.1. The van der Waals surface area contributed by atoms with Crippen molar-refractivity contribution < 1.29 is 4.39 Å². The molecule has 2 rings (SSSR count). The summed E-state index contributed by atoms with van der Waals surface area (Å²) in [4.78, 5) is 5.49. The van der Waals surface area contributed by atoms with Gasteiger partial charge in [0.05, 0.1) is 0 Å². The normalized spacial score (nSPS) is 12.3. The summed E-state index contributed by atoms with van der Waals surface area (Å²) in [5, 5.41) is 3.56. The van der Waals surface area contributed by atoms with Crippen molar-refractivity contribution in [2.24, 2.45) is 0 Å². The molecule has 1 unspecified atom stereocenters. The maximum atomic E-state index is 12.9. The fourth-order valence-corrected chi connectivity index (χ4v) is 3.00. The molecule has 0 radical (unpaired) electrons. The third-order valence-electron chi connectivity index (χ3n) is 3.13. The van der Waals surface area contributed by atoms with Crippen LogP contribution in [0.5, 0.6) is 0 Å². The van der Waals surface area contributed by atoms with Crippen molar-refractivity contribution in [2.75, 3.05) is 12.3 Å². The summed E-state index contributed by atoms with van der Waals surface area (Å²) >= 11 is 1.75. The lowest BCUT2D eigenvalue weighted by Gasteiger charge is -2.18. The number of aromatic nitrogens is 1. The van der Waals surface area contributed by atoms with Crippen LogP contribution in [0.15, 0.2) is 53.6 Å². The van der Waals surface area contributed by atoms with Crippen LogP contribution in [0, 0.1) is 5.82 Å². The molecule has 2 aromatic rings. The van der Waals surface area contributed by atoms with Gasteiger partial charge in [0.15, 0.2) is 0 Å². The van der Waals surface area contributed by atoms with Crippen LogP contribution < -0.4 is 5.32 Å². The smallest absolute Gasteiger partial charge is 0.123 e. The number of nitrogens with one attached hydrogen (secondary N) is 1. The van der Waals surface area contributed by atoms with Gasteiger partial charge < -0.3 is 5.32 Å². The van der Waals surface area contributed by atoms with Crippen LogP contribution in [0.3, 0.4) is 0 Å². The summed E-state index contributed by atoms with van der Waals surface area (Å²) in [7, 11) is 0. The summed E-state index contributed by atoms with van der Waals surface area (Å²) in [6.07, 6.45) is 3.86. The lowest BCUT2D eigenvalue weighted by Crippen LogP contribution is -2.34. The molecule has 0 aliphatic rings. The number of benzene rings is 1. The molecule has 1 N–H and O–H groups in total. The van der Waals surface area contributed by atoms with E-state index in [0.717, 1.165) is 35.7 Å². The number of rotatable bonds is 8. The van der Waals surface area contributed by atoms with Gasteiger partial charge in [-0.3, -0.25) is 4.98 Å². The molecule has 112 valence electrons. The Labute approximate surface area is 130 Å². The van der Waals surface area contributed by atoms with E-state index in [0.29, 0.717) is 6.04 Å². The summed E-state index contributed by atoms with van der Waals surface area (Å²) in [6, 6.07) is 13.1. The minimum absolute atomic E-state index is 0.187. The van der Waals surface area contributed by atoms with Gasteiger partial charge >= 0.3 is 0 Å². The Morgan fingerprint density at radius 1 is 1.19 bits per heavy atom. The van der Waals surface area contributed by atoms with Crippen LogP contribution >= 0.6 is 11.8 Å². The van der Waals surface area contributed by atoms with Crippen molar-refractivity contribution in [1.29, 1.82) is 0 Å². The first kappa shape index (κ1) is 16.0. The Balaban J connectivity index is 1.91. The fraction of sp³-hybridized carbons (Fsp3) is 0.353. The third kappa shape index (κ3) is 5.86. The zero-order chi connectivity index (χ0) is 14.9. The number of hydrogen-bond acceptors (Lipinski definition) is 3. The van der Waals surface area contributed by atoms with Gasteiger partial charge in [-0.1, -0.05) is 13.0 Å². The molecule has 1 atom stereocenters. The van der Waals surface area contributed by atoms with E-state index in [1.165, 1.54) is 12.1 Å². The Hall–Kier alpha value is -1.39. The van der Waals surface area contributed by atoms with E-state index >= 15 is 0 Å². The molecule has 0 saturated carbocycles. The topological polar surface area (TPSA) is 24.9 Å². The van der Waals surface area contributed by atoms with Crippen LogP contribution in [0.1, 0.15) is 19.0 Å². The van der Waals surface area contributed by atoms with Gasteiger partial charge in [-0.15, -0.1) is 11.8 Å². The second-order valence-electron chi connectivity index (χ2n) is 4.94. The first-order chi connectivity index (χ1) is 10.3. The number of hydrogen-bond donors (Lipinski definition) is 1. The van der Waals surface area contributed by atoms with Crippen molar-refractivity contribution in [3.8, 4) is 0 Å². The standard InChI is InChI=1S/C17H21FN2S/c1-2-10-19-16(12-15-5-3-4-11-20-15)13-21-17-8-6-14(18)7-9-17/h3-9,11,16,19H,2,10,12-13H2,1H3. The molecule has 0 fully saturated rings. The Bertz CT molecular complexity index is 516. The van der Waals surface area contributed by atoms with Crippen molar-refractivity contribution in [3.63, 3.8) is 0 Å². The predicted octanol–water partition coefficient (Wildman–Crippen LogP) is 3.92. The molecule has 1 aromatic heterocycles. The van der Waals surface area contributed by atoms with E-state index in [1.807, 2.05) is 30.5 Å². The minimum Gasteiger partial charge on any atom is -0.313 e. The average molecular weight is 304 g/mol. The number of thioether (sulfide) groups is 1. The van der Waals surface area contributed by atoms with Crippen LogP contribution in [-0.4, -0.2) is 23.3 Å². The van der Waals surface area contributed by atoms with Crippen molar-refractivity contribution in [3.05, 3.63) is 60.2 Å². The van der Waals surface area contributed by atoms with Gasteiger partial charge in [-0.2, -0.15) is 0 Å². The molecular weight excluding hydrogens is 283 g/mol. The largest absolute Gasteiger partial charge is 0.313 e. The van der Waals surface area contributed by atoms with Crippen molar-refractivity contribution in [2.45, 2.75) is 30.7 Å². The number of halogens is 1. The molecule has 0 amide bonds. The predicted molar refractivity (Wildman–Crippen MR) is 87.1 cm³/mol. The quantitative estimate of drug-likeness (QED) is 0.748. The molecule has 21 heavy (non-hydrogen) atoms. The fourth-order valence-electron chi connectivity index (χ4n) is 2.04. The maximum Gasteiger partial charge on any atom is 0.123 e. The van der Waals surface area contributed by atoms with Crippen LogP contribution in [0.25, 0.3) is 0 Å². The van der Waals surface area contributed by atoms with E-state index in [9.17, 15) is 4.39 Å². The van der Waals surface area contributed by atoms with Gasteiger partial charge in [0.25, 0.3) is 0 Å². The lowest BCUT2D eigenvalue weighted by molar-refractivity contribution is 0.545. The zero-order valence-electron chi connectivity index (χ0n) is 12.3. The first-order valence-corrected chi connectivity index (χ1v) is 8.28.